The van der Waals surface area contributed by atoms with Gasteiger partial charge in [-0.3, -0.25) is 9.59 Å². The van der Waals surface area contributed by atoms with Crippen LogP contribution >= 0.6 is 11.8 Å². The monoisotopic (exact) mass is 361 g/mol. The number of aryl methyl sites for hydroxylation is 1. The molecule has 1 heterocycles. The Labute approximate surface area is 151 Å². The number of thioether (sulfide) groups is 1. The molecule has 0 spiro atoms. The van der Waals surface area contributed by atoms with Crippen molar-refractivity contribution in [2.75, 3.05) is 13.4 Å². The van der Waals surface area contributed by atoms with Crippen LogP contribution in [0, 0.1) is 6.92 Å². The molecule has 7 heteroatoms. The van der Waals surface area contributed by atoms with Gasteiger partial charge in [-0.1, -0.05) is 36.0 Å². The number of rotatable bonds is 8. The smallest absolute Gasteiger partial charge is 0.254 e. The summed E-state index contributed by atoms with van der Waals surface area (Å²) in [5, 5.41) is 3.49. The molecular formula is C18H23N3O3S. The van der Waals surface area contributed by atoms with Crippen molar-refractivity contribution in [1.29, 1.82) is 0 Å². The fourth-order valence-corrected chi connectivity index (χ4v) is 2.95. The molecule has 0 aliphatic heterocycles. The van der Waals surface area contributed by atoms with Crippen LogP contribution in [-0.2, 0) is 29.1 Å². The number of nitrogens with one attached hydrogen (secondary N) is 2. The Morgan fingerprint density at radius 3 is 2.68 bits per heavy atom. The van der Waals surface area contributed by atoms with Gasteiger partial charge in [0.05, 0.1) is 6.61 Å². The van der Waals surface area contributed by atoms with E-state index in [-0.39, 0.29) is 17.9 Å². The second-order valence-corrected chi connectivity index (χ2v) is 6.41. The maximum Gasteiger partial charge on any atom is 0.254 e. The van der Waals surface area contributed by atoms with E-state index in [0.717, 1.165) is 11.1 Å². The van der Waals surface area contributed by atoms with E-state index in [9.17, 15) is 9.59 Å². The number of benzene rings is 1. The molecule has 2 rings (SSSR count). The van der Waals surface area contributed by atoms with E-state index in [1.54, 1.807) is 14.0 Å². The average Bonchev–Trinajstić information content (AvgIpc) is 2.60. The first kappa shape index (κ1) is 19.2. The number of amides is 1. The van der Waals surface area contributed by atoms with Crippen LogP contribution in [0.5, 0.6) is 0 Å². The number of methoxy groups -OCH3 is 1. The molecule has 1 amide bonds. The van der Waals surface area contributed by atoms with Crippen molar-refractivity contribution in [3.05, 3.63) is 57.0 Å². The summed E-state index contributed by atoms with van der Waals surface area (Å²) in [5.74, 6) is -0.0973. The van der Waals surface area contributed by atoms with Gasteiger partial charge in [0.25, 0.3) is 5.56 Å². The molecule has 1 aromatic carbocycles. The lowest BCUT2D eigenvalue weighted by Crippen LogP contribution is -2.25. The van der Waals surface area contributed by atoms with E-state index in [1.165, 1.54) is 11.8 Å². The van der Waals surface area contributed by atoms with Crippen LogP contribution in [0.1, 0.15) is 28.8 Å². The van der Waals surface area contributed by atoms with Crippen molar-refractivity contribution in [3.63, 3.8) is 0 Å². The van der Waals surface area contributed by atoms with Gasteiger partial charge in [0.15, 0.2) is 5.16 Å². The first-order chi connectivity index (χ1) is 12.0. The quantitative estimate of drug-likeness (QED) is 0.556. The number of ether oxygens (including phenoxy) is 1. The van der Waals surface area contributed by atoms with Gasteiger partial charge in [0.1, 0.15) is 0 Å². The van der Waals surface area contributed by atoms with Crippen LogP contribution < -0.4 is 10.9 Å². The van der Waals surface area contributed by atoms with Gasteiger partial charge >= 0.3 is 0 Å². The molecule has 6 nitrogen and oxygen atoms in total. The predicted molar refractivity (Wildman–Crippen MR) is 98.7 cm³/mol. The van der Waals surface area contributed by atoms with Crippen LogP contribution in [0.3, 0.4) is 0 Å². The minimum absolute atomic E-state index is 0.0973. The van der Waals surface area contributed by atoms with Crippen molar-refractivity contribution in [1.82, 2.24) is 15.3 Å². The van der Waals surface area contributed by atoms with Crippen LogP contribution in [0.25, 0.3) is 0 Å². The van der Waals surface area contributed by atoms with Gasteiger partial charge in [-0.25, -0.2) is 4.98 Å². The first-order valence-corrected chi connectivity index (χ1v) is 9.23. The molecule has 0 aliphatic carbocycles. The second kappa shape index (κ2) is 9.39. The highest BCUT2D eigenvalue weighted by Gasteiger charge is 2.11. The summed E-state index contributed by atoms with van der Waals surface area (Å²) >= 11 is 1.39. The van der Waals surface area contributed by atoms with Gasteiger partial charge in [0, 0.05) is 31.3 Å². The fourth-order valence-electron chi connectivity index (χ4n) is 2.52. The third-order valence-corrected chi connectivity index (χ3v) is 4.47. The molecule has 0 aliphatic rings. The van der Waals surface area contributed by atoms with Gasteiger partial charge in [-0.05, 0) is 30.7 Å². The van der Waals surface area contributed by atoms with E-state index in [0.29, 0.717) is 36.0 Å². The van der Waals surface area contributed by atoms with Gasteiger partial charge < -0.3 is 15.0 Å². The number of hydrogen-bond donors (Lipinski definition) is 2. The molecular weight excluding hydrogens is 338 g/mol. The zero-order chi connectivity index (χ0) is 18.2. The minimum Gasteiger partial charge on any atom is -0.380 e. The van der Waals surface area contributed by atoms with Crippen molar-refractivity contribution >= 4 is 17.7 Å². The maximum absolute atomic E-state index is 12.1. The van der Waals surface area contributed by atoms with Crippen LogP contribution in [0.15, 0.2) is 34.2 Å². The number of carbonyl (C=O) groups is 1. The van der Waals surface area contributed by atoms with E-state index < -0.39 is 0 Å². The van der Waals surface area contributed by atoms with Crippen molar-refractivity contribution in [2.45, 2.75) is 38.1 Å². The zero-order valence-electron chi connectivity index (χ0n) is 14.7. The van der Waals surface area contributed by atoms with E-state index in [4.69, 9.17) is 4.74 Å². The highest BCUT2D eigenvalue weighted by molar-refractivity contribution is 7.98. The van der Waals surface area contributed by atoms with Gasteiger partial charge in [0.2, 0.25) is 5.91 Å². The predicted octanol–water partition coefficient (Wildman–Crippen LogP) is 2.20. The molecule has 2 N–H and O–H groups in total. The highest BCUT2D eigenvalue weighted by Crippen LogP contribution is 2.11. The van der Waals surface area contributed by atoms with E-state index in [2.05, 4.69) is 15.3 Å². The normalized spacial score (nSPS) is 10.7. The SMILES string of the molecule is COCc1ccccc1CNC(=O)CCc1c(C)nc(SC)[nH]c1=O. The Morgan fingerprint density at radius 2 is 2.04 bits per heavy atom. The molecule has 0 atom stereocenters. The molecule has 2 aromatic rings. The third kappa shape index (κ3) is 5.44. The van der Waals surface area contributed by atoms with Crippen molar-refractivity contribution in [3.8, 4) is 0 Å². The maximum atomic E-state index is 12.1. The highest BCUT2D eigenvalue weighted by atomic mass is 32.2. The Balaban J connectivity index is 1.93. The van der Waals surface area contributed by atoms with Crippen LogP contribution in [0.4, 0.5) is 0 Å². The van der Waals surface area contributed by atoms with Crippen molar-refractivity contribution in [2.24, 2.45) is 0 Å². The average molecular weight is 361 g/mol. The lowest BCUT2D eigenvalue weighted by Gasteiger charge is -2.10. The summed E-state index contributed by atoms with van der Waals surface area (Å²) in [4.78, 5) is 31.2. The third-order valence-electron chi connectivity index (χ3n) is 3.89. The number of aromatic amines is 1. The number of carbonyl (C=O) groups excluding carboxylic acids is 1. The summed E-state index contributed by atoms with van der Waals surface area (Å²) in [5.41, 5.74) is 3.14. The molecule has 134 valence electrons. The largest absolute Gasteiger partial charge is 0.380 e. The summed E-state index contributed by atoms with van der Waals surface area (Å²) in [6, 6.07) is 7.82. The number of nitrogens with zero attached hydrogens (tertiary/aromatic N) is 1. The molecule has 1 aromatic heterocycles. The molecule has 0 saturated heterocycles. The summed E-state index contributed by atoms with van der Waals surface area (Å²) in [7, 11) is 1.64. The topological polar surface area (TPSA) is 84.1 Å². The second-order valence-electron chi connectivity index (χ2n) is 5.62. The molecule has 0 bridgehead atoms. The van der Waals surface area contributed by atoms with Crippen molar-refractivity contribution < 1.29 is 9.53 Å². The summed E-state index contributed by atoms with van der Waals surface area (Å²) in [6.45, 7) is 2.74. The van der Waals surface area contributed by atoms with Crippen LogP contribution in [-0.4, -0.2) is 29.2 Å². The fraction of sp³-hybridized carbons (Fsp3) is 0.389. The van der Waals surface area contributed by atoms with E-state index >= 15 is 0 Å². The minimum atomic E-state index is -0.171. The molecule has 0 fully saturated rings. The first-order valence-electron chi connectivity index (χ1n) is 8.01. The van der Waals surface area contributed by atoms with Gasteiger partial charge in [-0.2, -0.15) is 0 Å². The Morgan fingerprint density at radius 1 is 1.32 bits per heavy atom. The van der Waals surface area contributed by atoms with Crippen LogP contribution in [0.2, 0.25) is 0 Å². The zero-order valence-corrected chi connectivity index (χ0v) is 15.5. The summed E-state index contributed by atoms with van der Waals surface area (Å²) in [6.07, 6.45) is 2.47. The Hall–Kier alpha value is -2.12. The number of aromatic nitrogens is 2. The Bertz CT molecular complexity index is 789. The van der Waals surface area contributed by atoms with Gasteiger partial charge in [-0.15, -0.1) is 0 Å². The molecule has 25 heavy (non-hydrogen) atoms. The Kier molecular flexibility index (Phi) is 7.21. The van der Waals surface area contributed by atoms with E-state index in [1.807, 2.05) is 30.5 Å². The standard InChI is InChI=1S/C18H23N3O3S/c1-12-15(17(23)21-18(20-12)25-3)8-9-16(22)19-10-13-6-4-5-7-14(13)11-24-2/h4-7H,8-11H2,1-3H3,(H,19,22)(H,20,21,23). The molecule has 0 radical (unpaired) electrons. The number of hydrogen-bond acceptors (Lipinski definition) is 5. The lowest BCUT2D eigenvalue weighted by atomic mass is 10.1. The lowest BCUT2D eigenvalue weighted by molar-refractivity contribution is -0.121. The molecule has 0 unspecified atom stereocenters. The summed E-state index contributed by atoms with van der Waals surface area (Å²) < 4.78 is 5.17. The molecule has 0 saturated carbocycles. The number of H-pyrrole nitrogens is 1.